The van der Waals surface area contributed by atoms with Crippen LogP contribution in [0.15, 0.2) is 36.9 Å². The number of amides is 2. The van der Waals surface area contributed by atoms with Crippen LogP contribution in [0.3, 0.4) is 0 Å². The molecule has 1 fully saturated rings. The highest BCUT2D eigenvalue weighted by Crippen LogP contribution is 2.28. The molecule has 3 atom stereocenters. The summed E-state index contributed by atoms with van der Waals surface area (Å²) in [6.07, 6.45) is 5.61. The molecule has 182 valence electrons. The van der Waals surface area contributed by atoms with Crippen LogP contribution in [0.1, 0.15) is 64.0 Å². The van der Waals surface area contributed by atoms with Crippen LogP contribution in [-0.4, -0.2) is 36.2 Å². The van der Waals surface area contributed by atoms with E-state index < -0.39 is 35.7 Å². The molecule has 8 nitrogen and oxygen atoms in total. The number of hydrogen-bond acceptors (Lipinski definition) is 6. The van der Waals surface area contributed by atoms with Crippen molar-refractivity contribution in [1.29, 1.82) is 0 Å². The first-order valence-corrected chi connectivity index (χ1v) is 11.5. The van der Waals surface area contributed by atoms with Gasteiger partial charge in [-0.3, -0.25) is 14.8 Å². The van der Waals surface area contributed by atoms with Crippen molar-refractivity contribution in [3.8, 4) is 5.75 Å². The van der Waals surface area contributed by atoms with Crippen LogP contribution in [0.2, 0.25) is 0 Å². The molecule has 0 bridgehead atoms. The summed E-state index contributed by atoms with van der Waals surface area (Å²) in [5, 5.41) is 12.0. The molecule has 2 rings (SSSR count). The Kier molecular flexibility index (Phi) is 10.4. The van der Waals surface area contributed by atoms with Crippen LogP contribution in [0.25, 0.3) is 0 Å². The van der Waals surface area contributed by atoms with Crippen molar-refractivity contribution >= 4 is 17.8 Å². The highest BCUT2D eigenvalue weighted by Gasteiger charge is 2.36. The highest BCUT2D eigenvalue weighted by atomic mass is 16.5. The third-order valence-electron chi connectivity index (χ3n) is 5.97. The number of nitrogens with one attached hydrogen (secondary N) is 2. The first-order chi connectivity index (χ1) is 15.8. The number of benzene rings is 1. The van der Waals surface area contributed by atoms with Gasteiger partial charge in [0, 0.05) is 0 Å². The molecule has 8 heteroatoms. The van der Waals surface area contributed by atoms with Crippen molar-refractivity contribution in [2.24, 2.45) is 17.8 Å². The summed E-state index contributed by atoms with van der Waals surface area (Å²) in [5.41, 5.74) is 2.21. The molecule has 2 amide bonds. The van der Waals surface area contributed by atoms with E-state index in [-0.39, 0.29) is 18.4 Å². The van der Waals surface area contributed by atoms with Crippen molar-refractivity contribution in [2.75, 3.05) is 7.11 Å². The van der Waals surface area contributed by atoms with Crippen LogP contribution >= 0.6 is 0 Å². The number of hydroxylamine groups is 1. The van der Waals surface area contributed by atoms with E-state index in [4.69, 9.17) is 9.47 Å². The summed E-state index contributed by atoms with van der Waals surface area (Å²) in [4.78, 5) is 38.9. The van der Waals surface area contributed by atoms with Crippen molar-refractivity contribution in [1.82, 2.24) is 10.8 Å². The Labute approximate surface area is 195 Å². The lowest BCUT2D eigenvalue weighted by atomic mass is 9.82. The second kappa shape index (κ2) is 13.0. The molecule has 1 aliphatic rings. The third-order valence-corrected chi connectivity index (χ3v) is 5.97. The summed E-state index contributed by atoms with van der Waals surface area (Å²) >= 11 is 0. The number of allylic oxidation sites excluding steroid dienone is 1. The van der Waals surface area contributed by atoms with Crippen LogP contribution in [-0.2, 0) is 19.1 Å². The van der Waals surface area contributed by atoms with Crippen LogP contribution in [0.4, 0.5) is 0 Å². The summed E-state index contributed by atoms with van der Waals surface area (Å²) < 4.78 is 10.9. The fourth-order valence-corrected chi connectivity index (χ4v) is 4.24. The monoisotopic (exact) mass is 460 g/mol. The molecule has 1 aromatic carbocycles. The number of ether oxygens (including phenoxy) is 2. The Bertz CT molecular complexity index is 802. The number of hydrogen-bond donors (Lipinski definition) is 3. The molecule has 1 saturated carbocycles. The topological polar surface area (TPSA) is 114 Å². The molecule has 0 aliphatic heterocycles. The van der Waals surface area contributed by atoms with E-state index in [0.717, 1.165) is 25.7 Å². The zero-order chi connectivity index (χ0) is 24.4. The van der Waals surface area contributed by atoms with Gasteiger partial charge in [0.1, 0.15) is 11.9 Å². The Hall–Kier alpha value is -2.87. The summed E-state index contributed by atoms with van der Waals surface area (Å²) in [6.45, 7) is 7.55. The van der Waals surface area contributed by atoms with Gasteiger partial charge < -0.3 is 14.8 Å². The Morgan fingerprint density at radius 2 is 1.76 bits per heavy atom. The second-order valence-electron chi connectivity index (χ2n) is 8.90. The first-order valence-electron chi connectivity index (χ1n) is 11.5. The molecule has 1 aromatic rings. The lowest BCUT2D eigenvalue weighted by Gasteiger charge is -2.28. The first kappa shape index (κ1) is 26.4. The lowest BCUT2D eigenvalue weighted by Crippen LogP contribution is -2.45. The zero-order valence-corrected chi connectivity index (χ0v) is 19.7. The van der Waals surface area contributed by atoms with E-state index >= 15 is 0 Å². The van der Waals surface area contributed by atoms with Gasteiger partial charge in [-0.05, 0) is 62.1 Å². The largest absolute Gasteiger partial charge is 0.497 e. The average molecular weight is 461 g/mol. The van der Waals surface area contributed by atoms with Gasteiger partial charge in [0.15, 0.2) is 6.04 Å². The fraction of sp³-hybridized carbons (Fsp3) is 0.560. The van der Waals surface area contributed by atoms with Crippen LogP contribution < -0.4 is 15.5 Å². The molecule has 3 unspecified atom stereocenters. The van der Waals surface area contributed by atoms with Crippen molar-refractivity contribution in [2.45, 2.75) is 64.5 Å². The van der Waals surface area contributed by atoms with E-state index in [2.05, 4.69) is 11.9 Å². The Morgan fingerprint density at radius 1 is 1.12 bits per heavy atom. The number of methoxy groups -OCH3 is 1. The average Bonchev–Trinajstić information content (AvgIpc) is 3.32. The smallest absolute Gasteiger partial charge is 0.333 e. The minimum atomic E-state index is -1.03. The maximum Gasteiger partial charge on any atom is 0.333 e. The molecule has 0 radical (unpaired) electrons. The van der Waals surface area contributed by atoms with Gasteiger partial charge in [0.25, 0.3) is 0 Å². The minimum Gasteiger partial charge on any atom is -0.497 e. The van der Waals surface area contributed by atoms with Crippen LogP contribution in [0, 0.1) is 17.8 Å². The zero-order valence-electron chi connectivity index (χ0n) is 19.7. The molecular weight excluding hydrogens is 424 g/mol. The van der Waals surface area contributed by atoms with Crippen LogP contribution in [0.5, 0.6) is 5.75 Å². The molecule has 0 saturated heterocycles. The highest BCUT2D eigenvalue weighted by molar-refractivity contribution is 5.90. The van der Waals surface area contributed by atoms with Gasteiger partial charge in [-0.1, -0.05) is 32.1 Å². The molecule has 33 heavy (non-hydrogen) atoms. The summed E-state index contributed by atoms with van der Waals surface area (Å²) in [5.74, 6) is -2.52. The second-order valence-corrected chi connectivity index (χ2v) is 8.90. The molecule has 1 aliphatic carbocycles. The number of rotatable bonds is 12. The van der Waals surface area contributed by atoms with Crippen molar-refractivity contribution in [3.05, 3.63) is 42.5 Å². The van der Waals surface area contributed by atoms with E-state index in [1.807, 2.05) is 13.8 Å². The van der Waals surface area contributed by atoms with E-state index in [0.29, 0.717) is 17.7 Å². The fourth-order valence-electron chi connectivity index (χ4n) is 4.24. The van der Waals surface area contributed by atoms with Crippen molar-refractivity contribution in [3.63, 3.8) is 0 Å². The lowest BCUT2D eigenvalue weighted by molar-refractivity contribution is -0.153. The van der Waals surface area contributed by atoms with E-state index in [9.17, 15) is 19.6 Å². The third kappa shape index (κ3) is 7.60. The van der Waals surface area contributed by atoms with Gasteiger partial charge in [-0.2, -0.15) is 0 Å². The number of carbonyl (C=O) groups is 3. The summed E-state index contributed by atoms with van der Waals surface area (Å²) in [6, 6.07) is 5.81. The Balaban J connectivity index is 2.32. The van der Waals surface area contributed by atoms with Gasteiger partial charge in [-0.25, -0.2) is 10.3 Å². The number of esters is 1. The maximum absolute atomic E-state index is 13.4. The van der Waals surface area contributed by atoms with Gasteiger partial charge >= 0.3 is 5.97 Å². The van der Waals surface area contributed by atoms with Gasteiger partial charge in [-0.15, -0.1) is 6.58 Å². The SMILES string of the molecule is C=CCC(C(=O)NO)C(CC(C)C)C(=O)NC(C(=O)OC1CCCC1)c1ccc(OC)cc1. The molecule has 0 spiro atoms. The molecule has 0 aromatic heterocycles. The standard InChI is InChI=1S/C25H36N2O6/c1-5-8-20(24(29)27-31)21(15-16(2)3)23(28)26-22(17-11-13-18(32-4)14-12-17)25(30)33-19-9-6-7-10-19/h5,11-14,16,19-22,31H,1,6-10,15H2,2-4H3,(H,26,28)(H,27,29). The van der Waals surface area contributed by atoms with E-state index in [1.54, 1.807) is 36.9 Å². The number of carbonyl (C=O) groups excluding carboxylic acids is 3. The predicted octanol–water partition coefficient (Wildman–Crippen LogP) is 3.70. The quantitative estimate of drug-likeness (QED) is 0.190. The van der Waals surface area contributed by atoms with Crippen molar-refractivity contribution < 1.29 is 29.1 Å². The predicted molar refractivity (Wildman–Crippen MR) is 123 cm³/mol. The van der Waals surface area contributed by atoms with E-state index in [1.165, 1.54) is 6.08 Å². The minimum absolute atomic E-state index is 0.101. The maximum atomic E-state index is 13.4. The molecule has 0 heterocycles. The Morgan fingerprint density at radius 3 is 2.27 bits per heavy atom. The summed E-state index contributed by atoms with van der Waals surface area (Å²) in [7, 11) is 1.55. The van der Waals surface area contributed by atoms with Gasteiger partial charge in [0.2, 0.25) is 11.8 Å². The molecule has 3 N–H and O–H groups in total. The molecular formula is C25H36N2O6. The normalized spacial score (nSPS) is 16.5. The van der Waals surface area contributed by atoms with Gasteiger partial charge in [0.05, 0.1) is 18.9 Å².